The maximum atomic E-state index is 10.4. The highest BCUT2D eigenvalue weighted by atomic mass is 16.4. The maximum absolute atomic E-state index is 10.4. The van der Waals surface area contributed by atoms with E-state index in [1.807, 2.05) is 6.07 Å². The fraction of sp³-hybridized carbons (Fsp3) is 0.444. The molecule has 1 aromatic carbocycles. The molecule has 0 saturated carbocycles. The van der Waals surface area contributed by atoms with Gasteiger partial charge in [-0.2, -0.15) is 0 Å². The standard InChI is InChI=1S/C18H23NO3/c20-13-12-16-14-22-18(19-16)17(21)11-7-2-1-4-8-15-9-5-3-6-10-15/h3,5-6,9-10,13-14,17,21H,1-2,4,7-8,11-12H2. The Labute approximate surface area is 131 Å². The van der Waals surface area contributed by atoms with Crippen LogP contribution in [0, 0.1) is 0 Å². The highest BCUT2D eigenvalue weighted by molar-refractivity contribution is 5.53. The number of carbonyl (C=O) groups excluding carboxylic acids is 1. The van der Waals surface area contributed by atoms with Gasteiger partial charge in [0, 0.05) is 6.42 Å². The normalized spacial score (nSPS) is 12.2. The molecule has 22 heavy (non-hydrogen) atoms. The van der Waals surface area contributed by atoms with E-state index in [2.05, 4.69) is 29.2 Å². The number of carbonyl (C=O) groups is 1. The molecule has 4 heteroatoms. The molecular formula is C18H23NO3. The first-order valence-electron chi connectivity index (χ1n) is 7.89. The van der Waals surface area contributed by atoms with Crippen molar-refractivity contribution < 1.29 is 14.3 Å². The van der Waals surface area contributed by atoms with Crippen molar-refractivity contribution in [1.82, 2.24) is 4.98 Å². The first-order chi connectivity index (χ1) is 10.8. The number of aromatic nitrogens is 1. The average molecular weight is 301 g/mol. The summed E-state index contributed by atoms with van der Waals surface area (Å²) in [5.41, 5.74) is 1.96. The van der Waals surface area contributed by atoms with Crippen LogP contribution in [0.2, 0.25) is 0 Å². The summed E-state index contributed by atoms with van der Waals surface area (Å²) in [6.07, 6.45) is 7.89. The van der Waals surface area contributed by atoms with E-state index in [9.17, 15) is 9.90 Å². The van der Waals surface area contributed by atoms with Crippen LogP contribution in [0.4, 0.5) is 0 Å². The molecule has 0 aliphatic rings. The molecule has 2 aromatic rings. The Morgan fingerprint density at radius 1 is 1.14 bits per heavy atom. The molecule has 1 heterocycles. The van der Waals surface area contributed by atoms with Gasteiger partial charge < -0.3 is 14.3 Å². The third-order valence-electron chi connectivity index (χ3n) is 3.68. The fourth-order valence-electron chi connectivity index (χ4n) is 2.44. The Kier molecular flexibility index (Phi) is 6.84. The van der Waals surface area contributed by atoms with Crippen LogP contribution in [0.15, 0.2) is 41.0 Å². The van der Waals surface area contributed by atoms with Crippen molar-refractivity contribution in [3.05, 3.63) is 53.7 Å². The molecule has 4 nitrogen and oxygen atoms in total. The second-order valence-corrected chi connectivity index (χ2v) is 5.50. The van der Waals surface area contributed by atoms with Crippen molar-refractivity contribution in [1.29, 1.82) is 0 Å². The quantitative estimate of drug-likeness (QED) is 0.537. The molecule has 0 radical (unpaired) electrons. The Hall–Kier alpha value is -1.94. The molecule has 2 rings (SSSR count). The molecule has 0 saturated heterocycles. The van der Waals surface area contributed by atoms with E-state index in [0.29, 0.717) is 18.0 Å². The number of oxazole rings is 1. The minimum absolute atomic E-state index is 0.232. The van der Waals surface area contributed by atoms with Crippen molar-refractivity contribution in [3.8, 4) is 0 Å². The zero-order valence-corrected chi connectivity index (χ0v) is 12.8. The number of hydrogen-bond donors (Lipinski definition) is 1. The van der Waals surface area contributed by atoms with Crippen LogP contribution in [0.5, 0.6) is 0 Å². The van der Waals surface area contributed by atoms with Crippen LogP contribution >= 0.6 is 0 Å². The predicted octanol–water partition coefficient (Wildman–Crippen LogP) is 3.64. The summed E-state index contributed by atoms with van der Waals surface area (Å²) in [5.74, 6) is 0.320. The number of rotatable bonds is 10. The lowest BCUT2D eigenvalue weighted by Crippen LogP contribution is -1.98. The van der Waals surface area contributed by atoms with Crippen molar-refractivity contribution in [2.24, 2.45) is 0 Å². The number of aryl methyl sites for hydroxylation is 1. The van der Waals surface area contributed by atoms with Crippen LogP contribution in [0.1, 0.15) is 55.4 Å². The molecule has 0 aliphatic carbocycles. The van der Waals surface area contributed by atoms with E-state index < -0.39 is 6.10 Å². The smallest absolute Gasteiger partial charge is 0.223 e. The van der Waals surface area contributed by atoms with Gasteiger partial charge in [0.1, 0.15) is 18.7 Å². The van der Waals surface area contributed by atoms with E-state index in [-0.39, 0.29) is 6.42 Å². The second kappa shape index (κ2) is 9.15. The molecule has 1 atom stereocenters. The van der Waals surface area contributed by atoms with Crippen molar-refractivity contribution in [3.63, 3.8) is 0 Å². The number of aliphatic hydroxyl groups is 1. The lowest BCUT2D eigenvalue weighted by Gasteiger charge is -2.06. The number of aliphatic hydroxyl groups excluding tert-OH is 1. The molecule has 118 valence electrons. The number of benzene rings is 1. The first kappa shape index (κ1) is 16.4. The molecule has 0 spiro atoms. The van der Waals surface area contributed by atoms with Crippen molar-refractivity contribution >= 4 is 6.29 Å². The average Bonchev–Trinajstić information content (AvgIpc) is 3.01. The molecule has 1 aromatic heterocycles. The van der Waals surface area contributed by atoms with Gasteiger partial charge >= 0.3 is 0 Å². The minimum Gasteiger partial charge on any atom is -0.446 e. The zero-order chi connectivity index (χ0) is 15.6. The predicted molar refractivity (Wildman–Crippen MR) is 84.5 cm³/mol. The van der Waals surface area contributed by atoms with Crippen LogP contribution < -0.4 is 0 Å². The Morgan fingerprint density at radius 3 is 2.68 bits per heavy atom. The van der Waals surface area contributed by atoms with Crippen molar-refractivity contribution in [2.45, 2.75) is 51.0 Å². The topological polar surface area (TPSA) is 63.3 Å². The number of unbranched alkanes of at least 4 members (excludes halogenated alkanes) is 3. The minimum atomic E-state index is -0.672. The van der Waals surface area contributed by atoms with Gasteiger partial charge in [0.05, 0.1) is 5.69 Å². The summed E-state index contributed by atoms with van der Waals surface area (Å²) in [6.45, 7) is 0. The third kappa shape index (κ3) is 5.45. The van der Waals surface area contributed by atoms with Gasteiger partial charge in [0.15, 0.2) is 0 Å². The van der Waals surface area contributed by atoms with Gasteiger partial charge in [0.25, 0.3) is 0 Å². The Bertz CT molecular complexity index is 550. The summed E-state index contributed by atoms with van der Waals surface area (Å²) in [7, 11) is 0. The lowest BCUT2D eigenvalue weighted by atomic mass is 10.0. The van der Waals surface area contributed by atoms with Crippen LogP contribution in [0.25, 0.3) is 0 Å². The van der Waals surface area contributed by atoms with Gasteiger partial charge in [-0.15, -0.1) is 0 Å². The van der Waals surface area contributed by atoms with E-state index in [1.165, 1.54) is 18.2 Å². The van der Waals surface area contributed by atoms with Gasteiger partial charge in [-0.3, -0.25) is 0 Å². The molecule has 0 fully saturated rings. The van der Waals surface area contributed by atoms with Gasteiger partial charge in [-0.25, -0.2) is 4.98 Å². The molecule has 0 aliphatic heterocycles. The van der Waals surface area contributed by atoms with Crippen molar-refractivity contribution in [2.75, 3.05) is 0 Å². The molecule has 0 amide bonds. The number of hydrogen-bond acceptors (Lipinski definition) is 4. The second-order valence-electron chi connectivity index (χ2n) is 5.50. The maximum Gasteiger partial charge on any atom is 0.223 e. The Morgan fingerprint density at radius 2 is 1.91 bits per heavy atom. The van der Waals surface area contributed by atoms with Gasteiger partial charge in [-0.05, 0) is 24.8 Å². The van der Waals surface area contributed by atoms with Gasteiger partial charge in [-0.1, -0.05) is 49.6 Å². The van der Waals surface area contributed by atoms with E-state index in [0.717, 1.165) is 32.0 Å². The summed E-state index contributed by atoms with van der Waals surface area (Å²) in [5, 5.41) is 9.99. The summed E-state index contributed by atoms with van der Waals surface area (Å²) >= 11 is 0. The molecule has 0 bridgehead atoms. The monoisotopic (exact) mass is 301 g/mol. The SMILES string of the molecule is O=CCc1coc(C(O)CCCCCCc2ccccc2)n1. The third-order valence-corrected chi connectivity index (χ3v) is 3.68. The highest BCUT2D eigenvalue weighted by Gasteiger charge is 2.13. The molecular weight excluding hydrogens is 278 g/mol. The van der Waals surface area contributed by atoms with Gasteiger partial charge in [0.2, 0.25) is 5.89 Å². The van der Waals surface area contributed by atoms with Crippen LogP contribution in [-0.4, -0.2) is 16.4 Å². The number of nitrogens with zero attached hydrogens (tertiary/aromatic N) is 1. The largest absolute Gasteiger partial charge is 0.446 e. The summed E-state index contributed by atoms with van der Waals surface area (Å²) < 4.78 is 5.20. The first-order valence-corrected chi connectivity index (χ1v) is 7.89. The molecule has 1 N–H and O–H groups in total. The van der Waals surface area contributed by atoms with Crippen LogP contribution in [-0.2, 0) is 17.6 Å². The fourth-order valence-corrected chi connectivity index (χ4v) is 2.44. The van der Waals surface area contributed by atoms with E-state index in [4.69, 9.17) is 4.42 Å². The summed E-state index contributed by atoms with van der Waals surface area (Å²) in [6, 6.07) is 10.5. The highest BCUT2D eigenvalue weighted by Crippen LogP contribution is 2.19. The molecule has 1 unspecified atom stereocenters. The van der Waals surface area contributed by atoms with Crippen LogP contribution in [0.3, 0.4) is 0 Å². The van der Waals surface area contributed by atoms with E-state index in [1.54, 1.807) is 0 Å². The lowest BCUT2D eigenvalue weighted by molar-refractivity contribution is -0.107. The number of aldehydes is 1. The zero-order valence-electron chi connectivity index (χ0n) is 12.8. The summed E-state index contributed by atoms with van der Waals surface area (Å²) in [4.78, 5) is 14.5. The van der Waals surface area contributed by atoms with E-state index >= 15 is 0 Å². The Balaban J connectivity index is 1.58.